The number of hydrogen-bond donors (Lipinski definition) is 2. The first-order chi connectivity index (χ1) is 13.9. The fourth-order valence-corrected chi connectivity index (χ4v) is 3.84. The molecule has 7 heteroatoms. The van der Waals surface area contributed by atoms with Crippen LogP contribution in [0.25, 0.3) is 0 Å². The zero-order valence-electron chi connectivity index (χ0n) is 16.0. The number of hydrogen-bond acceptors (Lipinski definition) is 6. The van der Waals surface area contributed by atoms with E-state index in [-0.39, 0.29) is 22.3 Å². The first-order valence-corrected chi connectivity index (χ1v) is 9.83. The molecule has 1 heterocycles. The highest BCUT2D eigenvalue weighted by molar-refractivity contribution is 7.99. The number of carbonyl (C=O) groups is 1. The van der Waals surface area contributed by atoms with E-state index < -0.39 is 17.6 Å². The third kappa shape index (κ3) is 4.81. The summed E-state index contributed by atoms with van der Waals surface area (Å²) in [5, 5.41) is 10.5. The highest BCUT2D eigenvalue weighted by Gasteiger charge is 2.26. The molecular weight excluding hydrogens is 390 g/mol. The van der Waals surface area contributed by atoms with Gasteiger partial charge in [0.25, 0.3) is 5.91 Å². The van der Waals surface area contributed by atoms with Crippen molar-refractivity contribution in [1.82, 2.24) is 0 Å². The number of nitrogens with two attached hydrogens (primary N) is 1. The van der Waals surface area contributed by atoms with Crippen LogP contribution in [0, 0.1) is 0 Å². The van der Waals surface area contributed by atoms with Crippen molar-refractivity contribution in [2.24, 2.45) is 5.73 Å². The minimum Gasteiger partial charge on any atom is -0.506 e. The molecule has 3 N–H and O–H groups in total. The van der Waals surface area contributed by atoms with Gasteiger partial charge < -0.3 is 20.0 Å². The van der Waals surface area contributed by atoms with E-state index in [0.717, 1.165) is 22.2 Å². The topological polar surface area (TPSA) is 103 Å². The smallest absolute Gasteiger partial charge is 0.354 e. The maximum Gasteiger partial charge on any atom is 0.354 e. The van der Waals surface area contributed by atoms with Gasteiger partial charge in [-0.2, -0.15) is 0 Å². The molecule has 1 aromatic heterocycles. The molecule has 0 fully saturated rings. The molecule has 0 aliphatic heterocycles. The molecule has 150 valence electrons. The second kappa shape index (κ2) is 8.87. The molecule has 0 saturated heterocycles. The maximum absolute atomic E-state index is 12.6. The highest BCUT2D eigenvalue weighted by Crippen LogP contribution is 2.37. The summed E-state index contributed by atoms with van der Waals surface area (Å²) in [6, 6.07) is 17.3. The standard InChI is InChI=1S/C22H21NO5S/c1-13(2)15-10-6-7-11-18(15)29-20-16(24)12-17(28-22(20)26)19(21(23)25)27-14-8-4-3-5-9-14/h3-13,19,24H,1-2H3,(H2,23,25). The van der Waals surface area contributed by atoms with Crippen molar-refractivity contribution in [3.05, 3.63) is 82.4 Å². The fourth-order valence-electron chi connectivity index (χ4n) is 2.76. The van der Waals surface area contributed by atoms with E-state index >= 15 is 0 Å². The average Bonchev–Trinajstić information content (AvgIpc) is 2.69. The normalized spacial score (nSPS) is 12.0. The molecule has 3 rings (SSSR count). The van der Waals surface area contributed by atoms with Crippen molar-refractivity contribution >= 4 is 17.7 Å². The van der Waals surface area contributed by atoms with Crippen LogP contribution in [0.15, 0.2) is 79.7 Å². The van der Waals surface area contributed by atoms with E-state index in [4.69, 9.17) is 14.9 Å². The van der Waals surface area contributed by atoms with Crippen molar-refractivity contribution in [3.63, 3.8) is 0 Å². The van der Waals surface area contributed by atoms with Crippen LogP contribution in [-0.2, 0) is 4.79 Å². The summed E-state index contributed by atoms with van der Waals surface area (Å²) in [6.07, 6.45) is -1.35. The molecule has 0 radical (unpaired) electrons. The molecular formula is C22H21NO5S. The Morgan fingerprint density at radius 1 is 1.10 bits per heavy atom. The number of amides is 1. The molecule has 1 atom stereocenters. The van der Waals surface area contributed by atoms with Crippen molar-refractivity contribution < 1.29 is 19.1 Å². The Morgan fingerprint density at radius 3 is 2.38 bits per heavy atom. The lowest BCUT2D eigenvalue weighted by molar-refractivity contribution is -0.125. The molecule has 0 spiro atoms. The van der Waals surface area contributed by atoms with E-state index in [1.165, 1.54) is 6.07 Å². The van der Waals surface area contributed by atoms with Gasteiger partial charge in [-0.3, -0.25) is 4.79 Å². The molecule has 0 saturated carbocycles. The highest BCUT2D eigenvalue weighted by atomic mass is 32.2. The van der Waals surface area contributed by atoms with Crippen LogP contribution in [0.2, 0.25) is 0 Å². The largest absolute Gasteiger partial charge is 0.506 e. The van der Waals surface area contributed by atoms with Crippen molar-refractivity contribution in [1.29, 1.82) is 0 Å². The van der Waals surface area contributed by atoms with Gasteiger partial charge in [-0.15, -0.1) is 0 Å². The minimum atomic E-state index is -1.35. The predicted octanol–water partition coefficient (Wildman–Crippen LogP) is 4.23. The summed E-state index contributed by atoms with van der Waals surface area (Å²) in [7, 11) is 0. The van der Waals surface area contributed by atoms with Crippen LogP contribution in [0.1, 0.15) is 37.2 Å². The molecule has 0 aliphatic rings. The van der Waals surface area contributed by atoms with Crippen LogP contribution in [0.3, 0.4) is 0 Å². The summed E-state index contributed by atoms with van der Waals surface area (Å²) >= 11 is 1.12. The molecule has 6 nitrogen and oxygen atoms in total. The number of ether oxygens (including phenoxy) is 1. The van der Waals surface area contributed by atoms with Crippen LogP contribution in [0.5, 0.6) is 11.5 Å². The number of para-hydroxylation sites is 1. The van der Waals surface area contributed by atoms with Gasteiger partial charge in [0.2, 0.25) is 6.10 Å². The maximum atomic E-state index is 12.6. The molecule has 29 heavy (non-hydrogen) atoms. The van der Waals surface area contributed by atoms with Crippen LogP contribution >= 0.6 is 11.8 Å². The summed E-state index contributed by atoms with van der Waals surface area (Å²) in [6.45, 7) is 4.09. The van der Waals surface area contributed by atoms with Gasteiger partial charge in [0.15, 0.2) is 5.76 Å². The first kappa shape index (κ1) is 20.5. The Labute approximate surface area is 172 Å². The lowest BCUT2D eigenvalue weighted by Crippen LogP contribution is -2.27. The number of benzene rings is 2. The molecule has 3 aromatic rings. The van der Waals surface area contributed by atoms with Crippen molar-refractivity contribution in [3.8, 4) is 11.5 Å². The van der Waals surface area contributed by atoms with Gasteiger partial charge in [-0.25, -0.2) is 4.79 Å². The lowest BCUT2D eigenvalue weighted by atomic mass is 10.0. The Morgan fingerprint density at radius 2 is 1.76 bits per heavy atom. The van der Waals surface area contributed by atoms with Gasteiger partial charge in [0.1, 0.15) is 16.4 Å². The Balaban J connectivity index is 1.94. The summed E-state index contributed by atoms with van der Waals surface area (Å²) in [5.41, 5.74) is 5.69. The van der Waals surface area contributed by atoms with E-state index in [1.807, 2.05) is 38.1 Å². The van der Waals surface area contributed by atoms with E-state index in [2.05, 4.69) is 0 Å². The second-order valence-electron chi connectivity index (χ2n) is 6.66. The SMILES string of the molecule is CC(C)c1ccccc1Sc1c(O)cc(C(Oc2ccccc2)C(N)=O)oc1=O. The van der Waals surface area contributed by atoms with Gasteiger partial charge in [0, 0.05) is 11.0 Å². The van der Waals surface area contributed by atoms with Crippen LogP contribution < -0.4 is 16.1 Å². The number of rotatable bonds is 7. The predicted molar refractivity (Wildman–Crippen MR) is 110 cm³/mol. The van der Waals surface area contributed by atoms with E-state index in [1.54, 1.807) is 30.3 Å². The third-order valence-electron chi connectivity index (χ3n) is 4.17. The first-order valence-electron chi connectivity index (χ1n) is 9.01. The van der Waals surface area contributed by atoms with Gasteiger partial charge in [-0.1, -0.05) is 62.0 Å². The van der Waals surface area contributed by atoms with Gasteiger partial charge >= 0.3 is 5.63 Å². The van der Waals surface area contributed by atoms with Crippen LogP contribution in [0.4, 0.5) is 0 Å². The molecule has 1 amide bonds. The fraction of sp³-hybridized carbons (Fsp3) is 0.182. The number of aromatic hydroxyl groups is 1. The monoisotopic (exact) mass is 411 g/mol. The number of primary amides is 1. The second-order valence-corrected chi connectivity index (χ2v) is 7.71. The molecule has 0 bridgehead atoms. The molecule has 0 aliphatic carbocycles. The van der Waals surface area contributed by atoms with E-state index in [9.17, 15) is 14.7 Å². The average molecular weight is 411 g/mol. The quantitative estimate of drug-likeness (QED) is 0.603. The summed E-state index contributed by atoms with van der Waals surface area (Å²) in [4.78, 5) is 25.3. The zero-order chi connectivity index (χ0) is 21.0. The Kier molecular flexibility index (Phi) is 6.29. The summed E-state index contributed by atoms with van der Waals surface area (Å²) < 4.78 is 10.9. The van der Waals surface area contributed by atoms with Crippen molar-refractivity contribution in [2.45, 2.75) is 35.7 Å². The Hall–Kier alpha value is -3.19. The van der Waals surface area contributed by atoms with Crippen molar-refractivity contribution in [2.75, 3.05) is 0 Å². The van der Waals surface area contributed by atoms with E-state index in [0.29, 0.717) is 5.75 Å². The molecule has 1 unspecified atom stereocenters. The van der Waals surface area contributed by atoms with Crippen LogP contribution in [-0.4, -0.2) is 11.0 Å². The number of carbonyl (C=O) groups excluding carboxylic acids is 1. The summed E-state index contributed by atoms with van der Waals surface area (Å²) in [5.74, 6) is -0.691. The zero-order valence-corrected chi connectivity index (χ0v) is 16.8. The third-order valence-corrected chi connectivity index (χ3v) is 5.35. The van der Waals surface area contributed by atoms with Gasteiger partial charge in [0.05, 0.1) is 0 Å². The Bertz CT molecular complexity index is 1060. The minimum absolute atomic E-state index is 0.0322. The van der Waals surface area contributed by atoms with Gasteiger partial charge in [-0.05, 0) is 29.7 Å². The lowest BCUT2D eigenvalue weighted by Gasteiger charge is -2.16. The molecule has 2 aromatic carbocycles.